The minimum absolute atomic E-state index is 0.150. The first kappa shape index (κ1) is 11.9. The van der Waals surface area contributed by atoms with Gasteiger partial charge in [0.05, 0.1) is 6.42 Å². The Kier molecular flexibility index (Phi) is 5.94. The summed E-state index contributed by atoms with van der Waals surface area (Å²) in [6, 6.07) is 0. The lowest BCUT2D eigenvalue weighted by molar-refractivity contribution is -0.136. The average Bonchev–Trinajstić information content (AvgIpc) is 2.50. The van der Waals surface area contributed by atoms with Crippen molar-refractivity contribution in [2.75, 3.05) is 0 Å². The standard InChI is InChI=1S/C9H12O2.C2H6/c1-3-5-7-6-9(10)11-8(7)4-2;1-2/h4H,2-3,5-6H2,1H3;1-2H3. The molecule has 0 bridgehead atoms. The van der Waals surface area contributed by atoms with Gasteiger partial charge >= 0.3 is 5.97 Å². The van der Waals surface area contributed by atoms with Crippen LogP contribution >= 0.6 is 0 Å². The van der Waals surface area contributed by atoms with Gasteiger partial charge in [-0.3, -0.25) is 4.79 Å². The van der Waals surface area contributed by atoms with Gasteiger partial charge in [0.15, 0.2) is 0 Å². The molecule has 0 saturated heterocycles. The molecular formula is C11H18O2. The van der Waals surface area contributed by atoms with Crippen LogP contribution in [0.1, 0.15) is 40.0 Å². The van der Waals surface area contributed by atoms with Crippen LogP contribution in [0.2, 0.25) is 0 Å². The summed E-state index contributed by atoms with van der Waals surface area (Å²) in [7, 11) is 0. The van der Waals surface area contributed by atoms with Gasteiger partial charge in [0.25, 0.3) is 0 Å². The van der Waals surface area contributed by atoms with Gasteiger partial charge in [-0.15, -0.1) is 0 Å². The molecule has 2 heteroatoms. The van der Waals surface area contributed by atoms with E-state index in [4.69, 9.17) is 4.74 Å². The van der Waals surface area contributed by atoms with Gasteiger partial charge in [-0.05, 0) is 18.1 Å². The Morgan fingerprint density at radius 2 is 2.15 bits per heavy atom. The Hall–Kier alpha value is -1.05. The van der Waals surface area contributed by atoms with Gasteiger partial charge in [-0.1, -0.05) is 33.8 Å². The van der Waals surface area contributed by atoms with Crippen LogP contribution < -0.4 is 0 Å². The summed E-state index contributed by atoms with van der Waals surface area (Å²) in [5.41, 5.74) is 1.09. The lowest BCUT2D eigenvalue weighted by Gasteiger charge is -1.96. The second-order valence-electron chi connectivity index (χ2n) is 2.57. The zero-order valence-corrected chi connectivity index (χ0v) is 8.72. The number of carbonyl (C=O) groups excluding carboxylic acids is 1. The molecule has 0 unspecified atom stereocenters. The minimum atomic E-state index is -0.150. The Morgan fingerprint density at radius 3 is 2.62 bits per heavy atom. The molecule has 0 atom stereocenters. The number of hydrogen-bond acceptors (Lipinski definition) is 2. The molecule has 0 aromatic carbocycles. The minimum Gasteiger partial charge on any atom is -0.426 e. The Bertz CT molecular complexity index is 214. The number of rotatable bonds is 3. The van der Waals surface area contributed by atoms with Crippen LogP contribution in [0.15, 0.2) is 24.0 Å². The summed E-state index contributed by atoms with van der Waals surface area (Å²) in [6.45, 7) is 9.65. The molecule has 0 radical (unpaired) electrons. The molecule has 13 heavy (non-hydrogen) atoms. The smallest absolute Gasteiger partial charge is 0.315 e. The van der Waals surface area contributed by atoms with Gasteiger partial charge in [0, 0.05) is 0 Å². The van der Waals surface area contributed by atoms with E-state index in [2.05, 4.69) is 13.5 Å². The van der Waals surface area contributed by atoms with Crippen molar-refractivity contribution in [1.29, 1.82) is 0 Å². The van der Waals surface area contributed by atoms with Crippen molar-refractivity contribution in [3.8, 4) is 0 Å². The SMILES string of the molecule is C=CC1=C(CCC)CC(=O)O1.CC. The number of ether oxygens (including phenoxy) is 1. The highest BCUT2D eigenvalue weighted by molar-refractivity contribution is 5.77. The van der Waals surface area contributed by atoms with Crippen molar-refractivity contribution in [1.82, 2.24) is 0 Å². The third-order valence-corrected chi connectivity index (χ3v) is 1.67. The number of allylic oxidation sites excluding steroid dienone is 1. The third-order valence-electron chi connectivity index (χ3n) is 1.67. The van der Waals surface area contributed by atoms with E-state index in [0.29, 0.717) is 12.2 Å². The summed E-state index contributed by atoms with van der Waals surface area (Å²) < 4.78 is 4.90. The van der Waals surface area contributed by atoms with E-state index in [-0.39, 0.29) is 5.97 Å². The van der Waals surface area contributed by atoms with E-state index in [0.717, 1.165) is 18.4 Å². The Labute approximate surface area is 80.3 Å². The molecule has 1 rings (SSSR count). The molecule has 74 valence electrons. The molecule has 0 aromatic rings. The Morgan fingerprint density at radius 1 is 1.54 bits per heavy atom. The quantitative estimate of drug-likeness (QED) is 0.626. The van der Waals surface area contributed by atoms with Gasteiger partial charge in [0.2, 0.25) is 0 Å². The highest BCUT2D eigenvalue weighted by atomic mass is 16.5. The lowest BCUT2D eigenvalue weighted by atomic mass is 10.1. The molecule has 0 aromatic heterocycles. The number of carbonyl (C=O) groups is 1. The maximum atomic E-state index is 10.8. The molecule has 0 aliphatic carbocycles. The number of esters is 1. The van der Waals surface area contributed by atoms with Crippen molar-refractivity contribution in [3.05, 3.63) is 24.0 Å². The predicted octanol–water partition coefficient (Wildman–Crippen LogP) is 3.20. The molecule has 0 fully saturated rings. The maximum Gasteiger partial charge on any atom is 0.315 e. The van der Waals surface area contributed by atoms with Crippen molar-refractivity contribution in [2.45, 2.75) is 40.0 Å². The number of hydrogen-bond donors (Lipinski definition) is 0. The summed E-state index contributed by atoms with van der Waals surface area (Å²) in [5, 5.41) is 0. The summed E-state index contributed by atoms with van der Waals surface area (Å²) in [6.07, 6.45) is 4.04. The first-order valence-electron chi connectivity index (χ1n) is 4.83. The van der Waals surface area contributed by atoms with Crippen LogP contribution in [0.5, 0.6) is 0 Å². The normalized spacial score (nSPS) is 14.8. The van der Waals surface area contributed by atoms with Crippen molar-refractivity contribution in [3.63, 3.8) is 0 Å². The van der Waals surface area contributed by atoms with E-state index in [1.54, 1.807) is 6.08 Å². The lowest BCUT2D eigenvalue weighted by Crippen LogP contribution is -1.91. The molecule has 1 heterocycles. The van der Waals surface area contributed by atoms with Crippen LogP contribution in [-0.2, 0) is 9.53 Å². The first-order valence-corrected chi connectivity index (χ1v) is 4.83. The molecule has 1 aliphatic rings. The molecule has 0 saturated carbocycles. The van der Waals surface area contributed by atoms with Gasteiger partial charge < -0.3 is 4.74 Å². The van der Waals surface area contributed by atoms with E-state index in [1.807, 2.05) is 13.8 Å². The van der Waals surface area contributed by atoms with Crippen LogP contribution in [-0.4, -0.2) is 5.97 Å². The van der Waals surface area contributed by atoms with Crippen LogP contribution in [0.25, 0.3) is 0 Å². The second kappa shape index (κ2) is 6.46. The monoisotopic (exact) mass is 182 g/mol. The molecule has 0 N–H and O–H groups in total. The fourth-order valence-corrected chi connectivity index (χ4v) is 1.19. The Balaban J connectivity index is 0.000000671. The third kappa shape index (κ3) is 3.45. The number of cyclic esters (lactones) is 1. The van der Waals surface area contributed by atoms with Crippen molar-refractivity contribution < 1.29 is 9.53 Å². The van der Waals surface area contributed by atoms with Crippen molar-refractivity contribution >= 4 is 5.97 Å². The van der Waals surface area contributed by atoms with E-state index >= 15 is 0 Å². The van der Waals surface area contributed by atoms with Gasteiger partial charge in [-0.2, -0.15) is 0 Å². The zero-order valence-electron chi connectivity index (χ0n) is 8.72. The van der Waals surface area contributed by atoms with Gasteiger partial charge in [0.1, 0.15) is 5.76 Å². The average molecular weight is 182 g/mol. The maximum absolute atomic E-state index is 10.8. The van der Waals surface area contributed by atoms with Crippen LogP contribution in [0.4, 0.5) is 0 Å². The highest BCUT2D eigenvalue weighted by Gasteiger charge is 2.20. The molecule has 1 aliphatic heterocycles. The van der Waals surface area contributed by atoms with Crippen molar-refractivity contribution in [2.24, 2.45) is 0 Å². The predicted molar refractivity (Wildman–Crippen MR) is 54.2 cm³/mol. The van der Waals surface area contributed by atoms with E-state index in [9.17, 15) is 4.79 Å². The topological polar surface area (TPSA) is 26.3 Å². The fraction of sp³-hybridized carbons (Fsp3) is 0.545. The first-order chi connectivity index (χ1) is 6.27. The summed E-state index contributed by atoms with van der Waals surface area (Å²) in [5.74, 6) is 0.528. The molecule has 0 amide bonds. The highest BCUT2D eigenvalue weighted by Crippen LogP contribution is 2.24. The van der Waals surface area contributed by atoms with Gasteiger partial charge in [-0.25, -0.2) is 0 Å². The van der Waals surface area contributed by atoms with E-state index < -0.39 is 0 Å². The van der Waals surface area contributed by atoms with Crippen LogP contribution in [0, 0.1) is 0 Å². The molecular weight excluding hydrogens is 164 g/mol. The summed E-state index contributed by atoms with van der Waals surface area (Å²) in [4.78, 5) is 10.8. The second-order valence-corrected chi connectivity index (χ2v) is 2.57. The van der Waals surface area contributed by atoms with Crippen LogP contribution in [0.3, 0.4) is 0 Å². The zero-order chi connectivity index (χ0) is 10.3. The molecule has 0 spiro atoms. The summed E-state index contributed by atoms with van der Waals surface area (Å²) >= 11 is 0. The largest absolute Gasteiger partial charge is 0.426 e. The van der Waals surface area contributed by atoms with E-state index in [1.165, 1.54) is 0 Å². The molecule has 2 nitrogen and oxygen atoms in total. The fourth-order valence-electron chi connectivity index (χ4n) is 1.19.